The molecule has 0 saturated carbocycles. The van der Waals surface area contributed by atoms with E-state index in [1.54, 1.807) is 6.07 Å². The minimum Gasteiger partial charge on any atom is -0.480 e. The fourth-order valence-electron chi connectivity index (χ4n) is 5.55. The number of piperidine rings is 1. The van der Waals surface area contributed by atoms with E-state index in [9.17, 15) is 9.18 Å². The van der Waals surface area contributed by atoms with Crippen LogP contribution in [0.4, 0.5) is 4.39 Å². The third-order valence-electron chi connectivity index (χ3n) is 7.35. The van der Waals surface area contributed by atoms with Gasteiger partial charge in [0.15, 0.2) is 17.6 Å². The van der Waals surface area contributed by atoms with Crippen molar-refractivity contribution in [2.45, 2.75) is 31.4 Å². The van der Waals surface area contributed by atoms with Crippen LogP contribution in [-0.4, -0.2) is 46.3 Å². The molecule has 0 unspecified atom stereocenters. The zero-order valence-corrected chi connectivity index (χ0v) is 19.5. The summed E-state index contributed by atoms with van der Waals surface area (Å²) in [6.07, 6.45) is 1.69. The maximum absolute atomic E-state index is 14.0. The van der Waals surface area contributed by atoms with E-state index in [4.69, 9.17) is 19.2 Å². The van der Waals surface area contributed by atoms with Crippen molar-refractivity contribution >= 4 is 16.9 Å². The normalized spacial score (nSPS) is 18.9. The van der Waals surface area contributed by atoms with Crippen LogP contribution in [0.25, 0.3) is 22.4 Å². The molecule has 3 aromatic carbocycles. The summed E-state index contributed by atoms with van der Waals surface area (Å²) in [5.74, 6) is 2.66. The van der Waals surface area contributed by atoms with Crippen LogP contribution < -0.4 is 14.2 Å². The molecule has 3 aliphatic rings. The summed E-state index contributed by atoms with van der Waals surface area (Å²) >= 11 is 0. The van der Waals surface area contributed by atoms with Gasteiger partial charge in [0, 0.05) is 37.2 Å². The van der Waals surface area contributed by atoms with Gasteiger partial charge in [-0.05, 0) is 54.8 Å². The van der Waals surface area contributed by atoms with Crippen LogP contribution >= 0.6 is 0 Å². The number of ether oxygens (including phenoxy) is 3. The van der Waals surface area contributed by atoms with Crippen molar-refractivity contribution in [2.24, 2.45) is 0 Å². The number of carbonyl (C=O) groups excluding carboxylic acids is 1. The fraction of sp³-hybridized carbons (Fsp3) is 0.286. The second-order valence-corrected chi connectivity index (χ2v) is 9.48. The summed E-state index contributed by atoms with van der Waals surface area (Å²) in [6.45, 7) is 1.45. The summed E-state index contributed by atoms with van der Waals surface area (Å²) in [5.41, 5.74) is 3.45. The Bertz CT molecular complexity index is 1470. The first-order valence-corrected chi connectivity index (χ1v) is 12.2. The average molecular weight is 486 g/mol. The quantitative estimate of drug-likeness (QED) is 0.420. The zero-order valence-electron chi connectivity index (χ0n) is 19.5. The number of carbonyl (C=O) groups is 1. The highest BCUT2D eigenvalue weighted by Crippen LogP contribution is 2.39. The SMILES string of the molecule is O=C([C@H]1Cc2ccccc2O1)N1CCC(n2c(-c3ccc4c(c3)OCO4)nc3cc(F)ccc32)CC1. The van der Waals surface area contributed by atoms with Gasteiger partial charge in [-0.2, -0.15) is 0 Å². The van der Waals surface area contributed by atoms with E-state index in [0.29, 0.717) is 36.5 Å². The predicted octanol–water partition coefficient (Wildman–Crippen LogP) is 4.74. The number of likely N-dealkylation sites (tertiary alicyclic amines) is 1. The minimum atomic E-state index is -0.458. The summed E-state index contributed by atoms with van der Waals surface area (Å²) in [6, 6.07) is 18.4. The minimum absolute atomic E-state index is 0.0400. The number of halogens is 1. The second kappa shape index (κ2) is 8.26. The van der Waals surface area contributed by atoms with Crippen LogP contribution in [0.5, 0.6) is 17.2 Å². The maximum Gasteiger partial charge on any atom is 0.263 e. The molecule has 3 aliphatic heterocycles. The molecule has 182 valence electrons. The van der Waals surface area contributed by atoms with E-state index in [1.165, 1.54) is 12.1 Å². The molecule has 1 atom stereocenters. The Morgan fingerprint density at radius 3 is 2.64 bits per heavy atom. The van der Waals surface area contributed by atoms with Crippen molar-refractivity contribution in [3.63, 3.8) is 0 Å². The molecular weight excluding hydrogens is 461 g/mol. The molecule has 0 bridgehead atoms. The number of benzene rings is 3. The molecule has 1 amide bonds. The van der Waals surface area contributed by atoms with Gasteiger partial charge in [-0.1, -0.05) is 18.2 Å². The molecule has 7 rings (SSSR count). The number of fused-ring (bicyclic) bond motifs is 3. The van der Waals surface area contributed by atoms with Gasteiger partial charge in [-0.15, -0.1) is 0 Å². The maximum atomic E-state index is 14.0. The molecule has 1 aromatic heterocycles. The topological polar surface area (TPSA) is 65.8 Å². The highest BCUT2D eigenvalue weighted by molar-refractivity contribution is 5.83. The van der Waals surface area contributed by atoms with Crippen molar-refractivity contribution in [2.75, 3.05) is 19.9 Å². The van der Waals surface area contributed by atoms with E-state index in [2.05, 4.69) is 4.57 Å². The number of nitrogens with zero attached hydrogens (tertiary/aromatic N) is 3. The standard InChI is InChI=1S/C28H24FN3O4/c29-19-6-7-22-21(15-19)30-27(18-5-8-24-25(14-18)35-16-34-24)32(22)20-9-11-31(12-10-20)28(33)26-13-17-3-1-2-4-23(17)36-26/h1-8,14-15,20,26H,9-13,16H2/t26-/m1/s1. The Kier molecular flexibility index (Phi) is 4.87. The monoisotopic (exact) mass is 485 g/mol. The summed E-state index contributed by atoms with van der Waals surface area (Å²) in [7, 11) is 0. The first kappa shape index (κ1) is 21.2. The van der Waals surface area contributed by atoms with Crippen molar-refractivity contribution in [1.82, 2.24) is 14.5 Å². The molecule has 0 spiro atoms. The number of amides is 1. The van der Waals surface area contributed by atoms with Gasteiger partial charge >= 0.3 is 0 Å². The van der Waals surface area contributed by atoms with Crippen LogP contribution in [0.2, 0.25) is 0 Å². The molecule has 0 aliphatic carbocycles. The van der Waals surface area contributed by atoms with Crippen molar-refractivity contribution in [3.8, 4) is 28.6 Å². The lowest BCUT2D eigenvalue weighted by atomic mass is 10.0. The molecular formula is C28H24FN3O4. The summed E-state index contributed by atoms with van der Waals surface area (Å²) in [4.78, 5) is 19.9. The Hall–Kier alpha value is -4.07. The highest BCUT2D eigenvalue weighted by atomic mass is 19.1. The lowest BCUT2D eigenvalue weighted by Gasteiger charge is -2.34. The van der Waals surface area contributed by atoms with Crippen molar-refractivity contribution in [1.29, 1.82) is 0 Å². The van der Waals surface area contributed by atoms with E-state index < -0.39 is 6.10 Å². The van der Waals surface area contributed by atoms with Crippen molar-refractivity contribution in [3.05, 3.63) is 72.0 Å². The molecule has 4 heterocycles. The molecule has 1 saturated heterocycles. The van der Waals surface area contributed by atoms with Crippen LogP contribution in [0, 0.1) is 5.82 Å². The first-order valence-electron chi connectivity index (χ1n) is 12.2. The van der Waals surface area contributed by atoms with E-state index in [1.807, 2.05) is 47.4 Å². The van der Waals surface area contributed by atoms with Crippen LogP contribution in [-0.2, 0) is 11.2 Å². The van der Waals surface area contributed by atoms with Gasteiger partial charge in [-0.3, -0.25) is 4.79 Å². The lowest BCUT2D eigenvalue weighted by molar-refractivity contribution is -0.139. The fourth-order valence-corrected chi connectivity index (χ4v) is 5.55. The van der Waals surface area contributed by atoms with Crippen molar-refractivity contribution < 1.29 is 23.4 Å². The zero-order chi connectivity index (χ0) is 24.2. The number of aromatic nitrogens is 2. The van der Waals surface area contributed by atoms with E-state index in [-0.39, 0.29) is 24.6 Å². The number of hydrogen-bond donors (Lipinski definition) is 0. The molecule has 0 N–H and O–H groups in total. The van der Waals surface area contributed by atoms with E-state index >= 15 is 0 Å². The molecule has 1 fully saturated rings. The Morgan fingerprint density at radius 1 is 0.944 bits per heavy atom. The van der Waals surface area contributed by atoms with Gasteiger partial charge in [0.05, 0.1) is 11.0 Å². The number of para-hydroxylation sites is 1. The highest BCUT2D eigenvalue weighted by Gasteiger charge is 2.35. The lowest BCUT2D eigenvalue weighted by Crippen LogP contribution is -2.45. The molecule has 8 heteroatoms. The average Bonchev–Trinajstić information content (AvgIpc) is 3.64. The van der Waals surface area contributed by atoms with Crippen LogP contribution in [0.3, 0.4) is 0 Å². The summed E-state index contributed by atoms with van der Waals surface area (Å²) in [5, 5.41) is 0. The molecule has 7 nitrogen and oxygen atoms in total. The largest absolute Gasteiger partial charge is 0.480 e. The Balaban J connectivity index is 1.16. The number of imidazole rings is 1. The van der Waals surface area contributed by atoms with Gasteiger partial charge in [0.25, 0.3) is 5.91 Å². The van der Waals surface area contributed by atoms with Gasteiger partial charge in [0.1, 0.15) is 17.4 Å². The van der Waals surface area contributed by atoms with Gasteiger partial charge in [0.2, 0.25) is 6.79 Å². The third kappa shape index (κ3) is 3.47. The molecule has 36 heavy (non-hydrogen) atoms. The Morgan fingerprint density at radius 2 is 1.78 bits per heavy atom. The van der Waals surface area contributed by atoms with E-state index in [0.717, 1.165) is 41.1 Å². The number of hydrogen-bond acceptors (Lipinski definition) is 5. The van der Waals surface area contributed by atoms with Crippen LogP contribution in [0.15, 0.2) is 60.7 Å². The molecule has 0 radical (unpaired) electrons. The predicted molar refractivity (Wildman–Crippen MR) is 131 cm³/mol. The van der Waals surface area contributed by atoms with Gasteiger partial charge < -0.3 is 23.7 Å². The smallest absolute Gasteiger partial charge is 0.263 e. The second-order valence-electron chi connectivity index (χ2n) is 9.48. The van der Waals surface area contributed by atoms with Crippen LogP contribution in [0.1, 0.15) is 24.4 Å². The number of rotatable bonds is 3. The van der Waals surface area contributed by atoms with Gasteiger partial charge in [-0.25, -0.2) is 9.37 Å². The Labute approximate surface area is 207 Å². The molecule has 4 aromatic rings. The summed E-state index contributed by atoms with van der Waals surface area (Å²) < 4.78 is 33.2. The third-order valence-corrected chi connectivity index (χ3v) is 7.35. The first-order chi connectivity index (χ1) is 17.6.